The Morgan fingerprint density at radius 1 is 1.54 bits per heavy atom. The molecule has 0 saturated carbocycles. The van der Waals surface area contributed by atoms with E-state index in [1.807, 2.05) is 13.8 Å². The smallest absolute Gasteiger partial charge is 0.272 e. The van der Waals surface area contributed by atoms with Gasteiger partial charge in [-0.05, 0) is 20.8 Å². The molecule has 0 amide bonds. The van der Waals surface area contributed by atoms with E-state index in [1.54, 1.807) is 6.92 Å². The summed E-state index contributed by atoms with van der Waals surface area (Å²) in [6.45, 7) is 4.68. The van der Waals surface area contributed by atoms with Crippen LogP contribution in [0.5, 0.6) is 0 Å². The number of methoxy groups -OCH3 is 1. The predicted molar refractivity (Wildman–Crippen MR) is 46.1 cm³/mol. The molecule has 1 aliphatic rings. The maximum absolute atomic E-state index is 10.9. The molecule has 0 radical (unpaired) electrons. The van der Waals surface area contributed by atoms with Crippen LogP contribution in [0.2, 0.25) is 0 Å². The van der Waals surface area contributed by atoms with Crippen molar-refractivity contribution in [3.8, 4) is 0 Å². The minimum atomic E-state index is -0.639. The van der Waals surface area contributed by atoms with Gasteiger partial charge in [0.1, 0.15) is 5.78 Å². The van der Waals surface area contributed by atoms with Gasteiger partial charge in [0.2, 0.25) is 0 Å². The molecule has 76 valence electrons. The Labute approximate surface area is 78.2 Å². The molecule has 0 bridgehead atoms. The summed E-state index contributed by atoms with van der Waals surface area (Å²) in [6.07, 6.45) is 0.155. The standard InChI is InChI=1S/C9H16O4/c1-6(10)5-7-9(2,3)13-8(11-4)12-7/h7-8H,5H2,1-4H3/t7-,8?/m0/s1. The highest BCUT2D eigenvalue weighted by atomic mass is 16.9. The molecule has 1 saturated heterocycles. The van der Waals surface area contributed by atoms with Gasteiger partial charge in [-0.2, -0.15) is 0 Å². The molecule has 4 heteroatoms. The van der Waals surface area contributed by atoms with Crippen LogP contribution < -0.4 is 0 Å². The third kappa shape index (κ3) is 2.49. The van der Waals surface area contributed by atoms with Gasteiger partial charge in [-0.3, -0.25) is 4.79 Å². The molecular formula is C9H16O4. The topological polar surface area (TPSA) is 44.8 Å². The zero-order valence-electron chi connectivity index (χ0n) is 8.49. The molecule has 0 aromatic heterocycles. The fraction of sp³-hybridized carbons (Fsp3) is 0.889. The summed E-state index contributed by atoms with van der Waals surface area (Å²) < 4.78 is 15.7. The maximum Gasteiger partial charge on any atom is 0.272 e. The second kappa shape index (κ2) is 3.74. The summed E-state index contributed by atoms with van der Waals surface area (Å²) in [4.78, 5) is 10.9. The van der Waals surface area contributed by atoms with Crippen LogP contribution in [-0.4, -0.2) is 31.1 Å². The van der Waals surface area contributed by atoms with Crippen molar-refractivity contribution in [2.75, 3.05) is 7.11 Å². The second-order valence-corrected chi connectivity index (χ2v) is 3.78. The van der Waals surface area contributed by atoms with Gasteiger partial charge < -0.3 is 14.2 Å². The van der Waals surface area contributed by atoms with Crippen molar-refractivity contribution in [1.82, 2.24) is 0 Å². The molecule has 0 N–H and O–H groups in total. The Morgan fingerprint density at radius 2 is 2.15 bits per heavy atom. The van der Waals surface area contributed by atoms with Crippen molar-refractivity contribution in [2.24, 2.45) is 0 Å². The summed E-state index contributed by atoms with van der Waals surface area (Å²) in [5.41, 5.74) is -0.452. The Bertz CT molecular complexity index is 200. The number of ether oxygens (including phenoxy) is 3. The van der Waals surface area contributed by atoms with Crippen LogP contribution in [0.1, 0.15) is 27.2 Å². The van der Waals surface area contributed by atoms with E-state index in [-0.39, 0.29) is 11.9 Å². The largest absolute Gasteiger partial charge is 0.333 e. The monoisotopic (exact) mass is 188 g/mol. The number of carbonyl (C=O) groups is 1. The van der Waals surface area contributed by atoms with Gasteiger partial charge in [0.25, 0.3) is 6.48 Å². The lowest BCUT2D eigenvalue weighted by atomic mass is 9.98. The van der Waals surface area contributed by atoms with E-state index in [9.17, 15) is 4.79 Å². The molecular weight excluding hydrogens is 172 g/mol. The van der Waals surface area contributed by atoms with Crippen LogP contribution in [0.3, 0.4) is 0 Å². The molecule has 0 aromatic rings. The Balaban J connectivity index is 2.59. The number of Topliss-reactive ketones (excluding diaryl/α,β-unsaturated/α-hetero) is 1. The van der Waals surface area contributed by atoms with Crippen molar-refractivity contribution < 1.29 is 19.0 Å². The first-order chi connectivity index (χ1) is 5.95. The van der Waals surface area contributed by atoms with Crippen molar-refractivity contribution in [2.45, 2.75) is 45.4 Å². The minimum absolute atomic E-state index is 0.0958. The quantitative estimate of drug-likeness (QED) is 0.665. The average molecular weight is 188 g/mol. The van der Waals surface area contributed by atoms with Crippen molar-refractivity contribution in [3.63, 3.8) is 0 Å². The predicted octanol–water partition coefficient (Wildman–Crippen LogP) is 1.09. The van der Waals surface area contributed by atoms with Crippen molar-refractivity contribution in [1.29, 1.82) is 0 Å². The van der Waals surface area contributed by atoms with Crippen LogP contribution >= 0.6 is 0 Å². The van der Waals surface area contributed by atoms with E-state index in [0.717, 1.165) is 0 Å². The molecule has 1 heterocycles. The normalized spacial score (nSPS) is 32.0. The molecule has 1 rings (SSSR count). The highest BCUT2D eigenvalue weighted by molar-refractivity contribution is 5.76. The molecule has 1 aliphatic heterocycles. The number of carbonyl (C=O) groups excluding carboxylic acids is 1. The van der Waals surface area contributed by atoms with Crippen LogP contribution in [0.4, 0.5) is 0 Å². The van der Waals surface area contributed by atoms with Crippen LogP contribution in [0.25, 0.3) is 0 Å². The fourth-order valence-corrected chi connectivity index (χ4v) is 1.31. The van der Waals surface area contributed by atoms with E-state index >= 15 is 0 Å². The second-order valence-electron chi connectivity index (χ2n) is 3.78. The lowest BCUT2D eigenvalue weighted by molar-refractivity contribution is -0.235. The lowest BCUT2D eigenvalue weighted by Gasteiger charge is -2.21. The molecule has 1 fully saturated rings. The summed E-state index contributed by atoms with van der Waals surface area (Å²) in [6, 6.07) is 0. The Hall–Kier alpha value is -0.450. The summed E-state index contributed by atoms with van der Waals surface area (Å²) in [7, 11) is 1.51. The van der Waals surface area contributed by atoms with Gasteiger partial charge in [-0.1, -0.05) is 0 Å². The molecule has 1 unspecified atom stereocenters. The van der Waals surface area contributed by atoms with E-state index < -0.39 is 12.1 Å². The van der Waals surface area contributed by atoms with E-state index in [1.165, 1.54) is 7.11 Å². The van der Waals surface area contributed by atoms with E-state index in [2.05, 4.69) is 0 Å². The van der Waals surface area contributed by atoms with Gasteiger partial charge in [-0.15, -0.1) is 0 Å². The lowest BCUT2D eigenvalue weighted by Crippen LogP contribution is -2.34. The first kappa shape index (κ1) is 10.6. The van der Waals surface area contributed by atoms with Gasteiger partial charge in [-0.25, -0.2) is 0 Å². The number of hydrogen-bond acceptors (Lipinski definition) is 4. The highest BCUT2D eigenvalue weighted by Gasteiger charge is 2.43. The van der Waals surface area contributed by atoms with E-state index in [0.29, 0.717) is 6.42 Å². The Morgan fingerprint density at radius 3 is 2.54 bits per heavy atom. The van der Waals surface area contributed by atoms with Crippen LogP contribution in [0, 0.1) is 0 Å². The summed E-state index contributed by atoms with van der Waals surface area (Å²) >= 11 is 0. The molecule has 4 nitrogen and oxygen atoms in total. The van der Waals surface area contributed by atoms with Crippen LogP contribution in [-0.2, 0) is 19.0 Å². The number of ketones is 1. The number of rotatable bonds is 3. The summed E-state index contributed by atoms with van der Waals surface area (Å²) in [5, 5.41) is 0. The first-order valence-corrected chi connectivity index (χ1v) is 4.31. The zero-order chi connectivity index (χ0) is 10.1. The van der Waals surface area contributed by atoms with Crippen molar-refractivity contribution in [3.05, 3.63) is 0 Å². The molecule has 0 spiro atoms. The highest BCUT2D eigenvalue weighted by Crippen LogP contribution is 2.31. The third-order valence-electron chi connectivity index (χ3n) is 2.12. The Kier molecular flexibility index (Phi) is 3.05. The fourth-order valence-electron chi connectivity index (χ4n) is 1.31. The molecule has 0 aromatic carbocycles. The van der Waals surface area contributed by atoms with Gasteiger partial charge in [0, 0.05) is 13.5 Å². The maximum atomic E-state index is 10.9. The SMILES string of the molecule is COC1O[C@@H](CC(C)=O)C(C)(C)O1. The average Bonchev–Trinajstić information content (AvgIpc) is 2.26. The third-order valence-corrected chi connectivity index (χ3v) is 2.12. The zero-order valence-corrected chi connectivity index (χ0v) is 8.49. The molecule has 13 heavy (non-hydrogen) atoms. The minimum Gasteiger partial charge on any atom is -0.333 e. The first-order valence-electron chi connectivity index (χ1n) is 4.31. The van der Waals surface area contributed by atoms with Gasteiger partial charge >= 0.3 is 0 Å². The van der Waals surface area contributed by atoms with Crippen LogP contribution in [0.15, 0.2) is 0 Å². The summed E-state index contributed by atoms with van der Waals surface area (Å²) in [5.74, 6) is 0.0958. The molecule has 0 aliphatic carbocycles. The van der Waals surface area contributed by atoms with E-state index in [4.69, 9.17) is 14.2 Å². The van der Waals surface area contributed by atoms with Gasteiger partial charge in [0.15, 0.2) is 0 Å². The molecule has 2 atom stereocenters. The van der Waals surface area contributed by atoms with Gasteiger partial charge in [0.05, 0.1) is 11.7 Å². The number of hydrogen-bond donors (Lipinski definition) is 0. The van der Waals surface area contributed by atoms with Crippen molar-refractivity contribution >= 4 is 5.78 Å².